The smallest absolute Gasteiger partial charge is 0.355 e. The third-order valence-electron chi connectivity index (χ3n) is 5.32. The van der Waals surface area contributed by atoms with Crippen LogP contribution in [-0.2, 0) is 10.0 Å². The van der Waals surface area contributed by atoms with Gasteiger partial charge in [-0.25, -0.2) is 17.8 Å². The third-order valence-corrected chi connectivity index (χ3v) is 6.30. The Bertz CT molecular complexity index is 1550. The molecule has 0 unspecified atom stereocenters. The van der Waals surface area contributed by atoms with Crippen molar-refractivity contribution < 1.29 is 31.1 Å². The van der Waals surface area contributed by atoms with Gasteiger partial charge >= 0.3 is 5.76 Å². The third kappa shape index (κ3) is 5.86. The van der Waals surface area contributed by atoms with Crippen molar-refractivity contribution in [2.75, 3.05) is 10.0 Å². The van der Waals surface area contributed by atoms with Crippen LogP contribution in [-0.4, -0.2) is 35.3 Å². The number of nitrogens with zero attached hydrogens (tertiary/aromatic N) is 2. The number of ether oxygens (including phenoxy) is 1. The van der Waals surface area contributed by atoms with Gasteiger partial charge in [-0.1, -0.05) is 24.3 Å². The number of nitrogens with two attached hydrogens (primary N) is 1. The molecule has 0 spiro atoms. The van der Waals surface area contributed by atoms with Crippen molar-refractivity contribution >= 4 is 33.3 Å². The zero-order valence-corrected chi connectivity index (χ0v) is 20.5. The molecule has 198 valence electrons. The Labute approximate surface area is 215 Å². The number of sulfonamides is 1. The molecule has 0 aliphatic rings. The maximum Gasteiger partial charge on any atom is 0.355 e. The number of aromatic amines is 1. The van der Waals surface area contributed by atoms with Crippen molar-refractivity contribution in [1.82, 2.24) is 15.2 Å². The molecule has 0 fully saturated rings. The molecule has 38 heavy (non-hydrogen) atoms. The van der Waals surface area contributed by atoms with Crippen LogP contribution in [0.4, 0.5) is 30.5 Å². The summed E-state index contributed by atoms with van der Waals surface area (Å²) in [5.74, 6) is -4.68. The second-order valence-corrected chi connectivity index (χ2v) is 9.61. The number of primary amides is 1. The summed E-state index contributed by atoms with van der Waals surface area (Å²) >= 11 is 0. The van der Waals surface area contributed by atoms with Crippen molar-refractivity contribution in [3.8, 4) is 17.0 Å². The van der Waals surface area contributed by atoms with Gasteiger partial charge in [0.05, 0.1) is 11.4 Å². The van der Waals surface area contributed by atoms with Crippen molar-refractivity contribution in [1.29, 1.82) is 0 Å². The van der Waals surface area contributed by atoms with Crippen LogP contribution in [0.1, 0.15) is 28.9 Å². The number of carbonyl (C=O) groups is 1. The average Bonchev–Trinajstić information content (AvgIpc) is 3.29. The van der Waals surface area contributed by atoms with Crippen molar-refractivity contribution in [3.63, 3.8) is 0 Å². The summed E-state index contributed by atoms with van der Waals surface area (Å²) in [6, 6.07) is 14.3. The minimum Gasteiger partial charge on any atom is -0.484 e. The molecule has 14 heteroatoms. The molecule has 2 aromatic carbocycles. The van der Waals surface area contributed by atoms with E-state index in [0.717, 1.165) is 0 Å². The van der Waals surface area contributed by atoms with Crippen LogP contribution in [0.3, 0.4) is 0 Å². The van der Waals surface area contributed by atoms with Crippen molar-refractivity contribution in [2.45, 2.75) is 18.8 Å². The van der Waals surface area contributed by atoms with E-state index in [1.165, 1.54) is 48.7 Å². The first-order valence-corrected chi connectivity index (χ1v) is 12.5. The molecule has 1 amide bonds. The lowest BCUT2D eigenvalue weighted by atomic mass is 10.1. The molecular weight excluding hydrogens is 525 g/mol. The van der Waals surface area contributed by atoms with E-state index in [9.17, 15) is 26.4 Å². The number of anilines is 3. The van der Waals surface area contributed by atoms with Crippen LogP contribution in [0, 0.1) is 5.82 Å². The molecule has 1 atom stereocenters. The molecule has 10 nitrogen and oxygen atoms in total. The van der Waals surface area contributed by atoms with E-state index in [2.05, 4.69) is 20.5 Å². The van der Waals surface area contributed by atoms with Gasteiger partial charge in [-0.15, -0.1) is 0 Å². The molecule has 0 saturated heterocycles. The van der Waals surface area contributed by atoms with Gasteiger partial charge in [0.15, 0.2) is 5.82 Å². The molecule has 0 aliphatic carbocycles. The molecule has 2 aromatic heterocycles. The molecule has 5 N–H and O–H groups in total. The summed E-state index contributed by atoms with van der Waals surface area (Å²) in [5.41, 5.74) is 6.25. The number of H-pyrrole nitrogens is 1. The van der Waals surface area contributed by atoms with Crippen LogP contribution in [0.25, 0.3) is 11.3 Å². The minimum absolute atomic E-state index is 0.0332. The van der Waals surface area contributed by atoms with E-state index in [-0.39, 0.29) is 34.1 Å². The Kier molecular flexibility index (Phi) is 7.52. The van der Waals surface area contributed by atoms with Crippen LogP contribution < -0.4 is 20.5 Å². The van der Waals surface area contributed by atoms with Gasteiger partial charge < -0.3 is 15.8 Å². The molecule has 0 bridgehead atoms. The largest absolute Gasteiger partial charge is 0.484 e. The van der Waals surface area contributed by atoms with E-state index in [1.807, 2.05) is 0 Å². The predicted octanol–water partition coefficient (Wildman–Crippen LogP) is 4.56. The Morgan fingerprint density at radius 3 is 2.47 bits per heavy atom. The SMILES string of the molecule is C[C@H](Oc1cc(-c2[nH]nc(Nc3ccccn3)c2C(N)=O)ccc1NS(=O)(=O)C(F)F)c1ccc(F)cc1. The van der Waals surface area contributed by atoms with E-state index < -0.39 is 33.6 Å². The van der Waals surface area contributed by atoms with Gasteiger partial charge in [0.25, 0.3) is 15.9 Å². The second kappa shape index (κ2) is 10.8. The number of nitrogens with one attached hydrogen (secondary N) is 3. The van der Waals surface area contributed by atoms with Crippen LogP contribution in [0.5, 0.6) is 5.75 Å². The predicted molar refractivity (Wildman–Crippen MR) is 134 cm³/mol. The fourth-order valence-corrected chi connectivity index (χ4v) is 4.05. The highest BCUT2D eigenvalue weighted by Gasteiger charge is 2.27. The first-order chi connectivity index (χ1) is 18.0. The lowest BCUT2D eigenvalue weighted by molar-refractivity contribution is 0.100. The maximum absolute atomic E-state index is 13.3. The number of carbonyl (C=O) groups excluding carboxylic acids is 1. The number of aromatic nitrogens is 3. The quantitative estimate of drug-likeness (QED) is 0.228. The number of halogens is 3. The van der Waals surface area contributed by atoms with Crippen LogP contribution in [0.2, 0.25) is 0 Å². The lowest BCUT2D eigenvalue weighted by Gasteiger charge is -2.19. The summed E-state index contributed by atoms with van der Waals surface area (Å²) in [6.45, 7) is 1.60. The van der Waals surface area contributed by atoms with Crippen molar-refractivity contribution in [2.24, 2.45) is 5.73 Å². The van der Waals surface area contributed by atoms with E-state index >= 15 is 0 Å². The highest BCUT2D eigenvalue weighted by Crippen LogP contribution is 2.37. The number of rotatable bonds is 10. The summed E-state index contributed by atoms with van der Waals surface area (Å²) in [7, 11) is -5.03. The van der Waals surface area contributed by atoms with Gasteiger partial charge in [-0.05, 0) is 48.9 Å². The average molecular weight is 547 g/mol. The van der Waals surface area contributed by atoms with Gasteiger partial charge in [-0.3, -0.25) is 14.6 Å². The highest BCUT2D eigenvalue weighted by atomic mass is 32.2. The number of amides is 1. The lowest BCUT2D eigenvalue weighted by Crippen LogP contribution is -2.21. The zero-order valence-electron chi connectivity index (χ0n) is 19.7. The van der Waals surface area contributed by atoms with Gasteiger partial charge in [0.2, 0.25) is 0 Å². The molecular formula is C24H21F3N6O4S. The Hall–Kier alpha value is -4.59. The first-order valence-electron chi connectivity index (χ1n) is 11.0. The monoisotopic (exact) mass is 546 g/mol. The zero-order chi connectivity index (χ0) is 27.4. The molecule has 0 radical (unpaired) electrons. The number of pyridine rings is 1. The molecule has 4 rings (SSSR count). The van der Waals surface area contributed by atoms with E-state index in [1.54, 1.807) is 29.8 Å². The molecule has 2 heterocycles. The van der Waals surface area contributed by atoms with Gasteiger partial charge in [0, 0.05) is 11.8 Å². The van der Waals surface area contributed by atoms with E-state index in [4.69, 9.17) is 10.5 Å². The summed E-state index contributed by atoms with van der Waals surface area (Å²) < 4.78 is 70.9. The van der Waals surface area contributed by atoms with E-state index in [0.29, 0.717) is 11.4 Å². The standard InChI is InChI=1S/C24H21F3N6O4S/c1-13(14-5-8-16(25)9-6-14)37-18-12-15(7-10-17(18)33-38(35,36)24(26)27)21-20(22(28)34)23(32-31-21)30-19-4-2-3-11-29-19/h2-13,24,33H,1H3,(H2,28,34)(H2,29,30,31,32)/t13-/m0/s1. The van der Waals surface area contributed by atoms with Gasteiger partial charge in [0.1, 0.15) is 29.1 Å². The Morgan fingerprint density at radius 1 is 1.11 bits per heavy atom. The fourth-order valence-electron chi connectivity index (χ4n) is 3.49. The minimum atomic E-state index is -5.03. The first kappa shape index (κ1) is 26.5. The number of benzene rings is 2. The molecule has 4 aromatic rings. The normalized spacial score (nSPS) is 12.2. The summed E-state index contributed by atoms with van der Waals surface area (Å²) in [4.78, 5) is 16.4. The second-order valence-electron chi connectivity index (χ2n) is 7.96. The fraction of sp³-hybridized carbons (Fsp3) is 0.125. The Balaban J connectivity index is 1.76. The summed E-state index contributed by atoms with van der Waals surface area (Å²) in [5, 5.41) is 9.68. The maximum atomic E-state index is 13.3. The molecule has 0 saturated carbocycles. The Morgan fingerprint density at radius 2 is 1.84 bits per heavy atom. The number of hydrogen-bond donors (Lipinski definition) is 4. The van der Waals surface area contributed by atoms with Crippen LogP contribution in [0.15, 0.2) is 66.9 Å². The topological polar surface area (TPSA) is 152 Å². The molecule has 0 aliphatic heterocycles. The van der Waals surface area contributed by atoms with Gasteiger partial charge in [-0.2, -0.15) is 13.9 Å². The number of alkyl halides is 2. The number of hydrogen-bond acceptors (Lipinski definition) is 7. The van der Waals surface area contributed by atoms with Crippen LogP contribution >= 0.6 is 0 Å². The highest BCUT2D eigenvalue weighted by molar-refractivity contribution is 7.93. The van der Waals surface area contributed by atoms with Crippen molar-refractivity contribution in [3.05, 3.63) is 83.8 Å². The summed E-state index contributed by atoms with van der Waals surface area (Å²) in [6.07, 6.45) is 0.782.